The smallest absolute Gasteiger partial charge is 0.0124 e. The zero-order valence-electron chi connectivity index (χ0n) is 8.47. The molecule has 0 unspecified atom stereocenters. The Morgan fingerprint density at radius 2 is 1.54 bits per heavy atom. The lowest BCUT2D eigenvalue weighted by Gasteiger charge is -2.17. The lowest BCUT2D eigenvalue weighted by atomic mass is 10.1. The van der Waals surface area contributed by atoms with Crippen LogP contribution in [0.2, 0.25) is 0 Å². The summed E-state index contributed by atoms with van der Waals surface area (Å²) in [4.78, 5) is 0. The average Bonchev–Trinajstić information content (AvgIpc) is 3.01. The Kier molecular flexibility index (Phi) is 2.08. The van der Waals surface area contributed by atoms with Gasteiger partial charge in [0, 0.05) is 6.04 Å². The van der Waals surface area contributed by atoms with Gasteiger partial charge in [-0.2, -0.15) is 0 Å². The molecule has 1 N–H and O–H groups in total. The van der Waals surface area contributed by atoms with E-state index in [1.54, 1.807) is 0 Å². The van der Waals surface area contributed by atoms with E-state index < -0.39 is 0 Å². The van der Waals surface area contributed by atoms with Gasteiger partial charge in [-0.25, -0.2) is 0 Å². The number of hydrogen-bond donors (Lipinski definition) is 1. The van der Waals surface area contributed by atoms with Crippen LogP contribution in [0.15, 0.2) is 0 Å². The molecule has 0 radical (unpaired) electrons. The van der Waals surface area contributed by atoms with Crippen LogP contribution in [0, 0.1) is 17.8 Å². The summed E-state index contributed by atoms with van der Waals surface area (Å²) in [5.41, 5.74) is 0. The van der Waals surface area contributed by atoms with E-state index >= 15 is 0 Å². The van der Waals surface area contributed by atoms with Crippen LogP contribution in [-0.2, 0) is 0 Å². The average molecular weight is 179 g/mol. The third kappa shape index (κ3) is 2.25. The van der Waals surface area contributed by atoms with Crippen molar-refractivity contribution in [2.75, 3.05) is 6.54 Å². The Morgan fingerprint density at radius 3 is 2.00 bits per heavy atom. The van der Waals surface area contributed by atoms with Gasteiger partial charge >= 0.3 is 0 Å². The Morgan fingerprint density at radius 1 is 0.923 bits per heavy atom. The third-order valence-corrected chi connectivity index (χ3v) is 3.89. The molecule has 0 aromatic heterocycles. The van der Waals surface area contributed by atoms with Crippen LogP contribution in [0.3, 0.4) is 0 Å². The zero-order valence-corrected chi connectivity index (χ0v) is 8.47. The van der Waals surface area contributed by atoms with Crippen molar-refractivity contribution in [3.63, 3.8) is 0 Å². The highest BCUT2D eigenvalue weighted by atomic mass is 14.9. The molecule has 3 aliphatic carbocycles. The number of nitrogens with one attached hydrogen (secondary N) is 1. The standard InChI is InChI=1S/C12H21N/c1-2-9(1)7-8-13-12(10-3-4-10)11-5-6-11/h9-13H,1-8H2. The lowest BCUT2D eigenvalue weighted by Crippen LogP contribution is -2.33. The molecule has 0 saturated heterocycles. The Labute approximate surface area is 81.3 Å². The quantitative estimate of drug-likeness (QED) is 0.661. The fourth-order valence-electron chi connectivity index (χ4n) is 2.49. The molecule has 1 heteroatoms. The van der Waals surface area contributed by atoms with E-state index in [2.05, 4.69) is 5.32 Å². The maximum absolute atomic E-state index is 3.81. The van der Waals surface area contributed by atoms with Gasteiger partial charge in [-0.1, -0.05) is 12.8 Å². The predicted molar refractivity (Wildman–Crippen MR) is 54.6 cm³/mol. The van der Waals surface area contributed by atoms with E-state index in [0.717, 1.165) is 23.8 Å². The molecule has 13 heavy (non-hydrogen) atoms. The topological polar surface area (TPSA) is 12.0 Å². The molecule has 74 valence electrons. The van der Waals surface area contributed by atoms with E-state index in [4.69, 9.17) is 0 Å². The molecular formula is C12H21N. The first kappa shape index (κ1) is 8.28. The van der Waals surface area contributed by atoms with E-state index in [0.29, 0.717) is 0 Å². The van der Waals surface area contributed by atoms with Gasteiger partial charge in [0.05, 0.1) is 0 Å². The van der Waals surface area contributed by atoms with Crippen LogP contribution in [0.5, 0.6) is 0 Å². The Balaban J connectivity index is 1.39. The largest absolute Gasteiger partial charge is 0.313 e. The molecule has 0 aliphatic heterocycles. The second-order valence-corrected chi connectivity index (χ2v) is 5.39. The predicted octanol–water partition coefficient (Wildman–Crippen LogP) is 2.56. The summed E-state index contributed by atoms with van der Waals surface area (Å²) in [6.07, 6.45) is 10.5. The third-order valence-electron chi connectivity index (χ3n) is 3.89. The van der Waals surface area contributed by atoms with Crippen molar-refractivity contribution in [1.82, 2.24) is 5.32 Å². The SMILES string of the molecule is C(CC1CC1)NC(C1CC1)C1CC1. The molecule has 0 aromatic rings. The Hall–Kier alpha value is -0.0400. The van der Waals surface area contributed by atoms with Gasteiger partial charge in [0.1, 0.15) is 0 Å². The van der Waals surface area contributed by atoms with Crippen molar-refractivity contribution >= 4 is 0 Å². The molecule has 1 nitrogen and oxygen atoms in total. The minimum atomic E-state index is 0.929. The summed E-state index contributed by atoms with van der Waals surface area (Å²) in [5, 5.41) is 3.81. The highest BCUT2D eigenvalue weighted by molar-refractivity contribution is 4.96. The molecule has 0 atom stereocenters. The highest BCUT2D eigenvalue weighted by Gasteiger charge is 2.41. The van der Waals surface area contributed by atoms with Crippen molar-refractivity contribution in [3.8, 4) is 0 Å². The summed E-state index contributed by atoms with van der Waals surface area (Å²) >= 11 is 0. The molecular weight excluding hydrogens is 158 g/mol. The fourth-order valence-corrected chi connectivity index (χ4v) is 2.49. The first-order chi connectivity index (χ1) is 6.43. The van der Waals surface area contributed by atoms with Gasteiger partial charge < -0.3 is 5.32 Å². The second kappa shape index (κ2) is 3.27. The van der Waals surface area contributed by atoms with E-state index in [1.165, 1.54) is 51.5 Å². The Bertz CT molecular complexity index is 166. The van der Waals surface area contributed by atoms with Gasteiger partial charge in [0.2, 0.25) is 0 Å². The summed E-state index contributed by atoms with van der Waals surface area (Å²) in [6, 6.07) is 0.929. The summed E-state index contributed by atoms with van der Waals surface area (Å²) < 4.78 is 0. The molecule has 3 rings (SSSR count). The first-order valence-electron chi connectivity index (χ1n) is 6.17. The van der Waals surface area contributed by atoms with Crippen molar-refractivity contribution in [1.29, 1.82) is 0 Å². The van der Waals surface area contributed by atoms with Crippen LogP contribution in [0.4, 0.5) is 0 Å². The first-order valence-corrected chi connectivity index (χ1v) is 6.17. The van der Waals surface area contributed by atoms with Crippen molar-refractivity contribution < 1.29 is 0 Å². The zero-order chi connectivity index (χ0) is 8.67. The van der Waals surface area contributed by atoms with E-state index in [9.17, 15) is 0 Å². The summed E-state index contributed by atoms with van der Waals surface area (Å²) in [7, 11) is 0. The highest BCUT2D eigenvalue weighted by Crippen LogP contribution is 2.44. The van der Waals surface area contributed by atoms with Gasteiger partial charge in [-0.15, -0.1) is 0 Å². The van der Waals surface area contributed by atoms with Crippen molar-refractivity contribution in [2.24, 2.45) is 17.8 Å². The van der Waals surface area contributed by atoms with Crippen molar-refractivity contribution in [2.45, 2.75) is 51.0 Å². The van der Waals surface area contributed by atoms with Gasteiger partial charge in [-0.3, -0.25) is 0 Å². The van der Waals surface area contributed by atoms with E-state index in [-0.39, 0.29) is 0 Å². The van der Waals surface area contributed by atoms with Crippen LogP contribution in [0.1, 0.15) is 44.9 Å². The van der Waals surface area contributed by atoms with Crippen LogP contribution in [-0.4, -0.2) is 12.6 Å². The number of hydrogen-bond acceptors (Lipinski definition) is 1. The summed E-state index contributed by atoms with van der Waals surface area (Å²) in [5.74, 6) is 3.25. The van der Waals surface area contributed by atoms with Crippen molar-refractivity contribution in [3.05, 3.63) is 0 Å². The lowest BCUT2D eigenvalue weighted by molar-refractivity contribution is 0.409. The van der Waals surface area contributed by atoms with Crippen LogP contribution < -0.4 is 5.32 Å². The second-order valence-electron chi connectivity index (χ2n) is 5.39. The van der Waals surface area contributed by atoms with Crippen LogP contribution in [0.25, 0.3) is 0 Å². The van der Waals surface area contributed by atoms with Gasteiger partial charge in [0.15, 0.2) is 0 Å². The molecule has 0 aromatic carbocycles. The molecule has 3 fully saturated rings. The van der Waals surface area contributed by atoms with E-state index in [1.807, 2.05) is 0 Å². The van der Waals surface area contributed by atoms with Gasteiger partial charge in [0.25, 0.3) is 0 Å². The molecule has 3 aliphatic rings. The normalized spacial score (nSPS) is 28.4. The minimum Gasteiger partial charge on any atom is -0.313 e. The molecule has 0 bridgehead atoms. The molecule has 3 saturated carbocycles. The maximum Gasteiger partial charge on any atom is 0.0124 e. The monoisotopic (exact) mass is 179 g/mol. The van der Waals surface area contributed by atoms with Gasteiger partial charge in [-0.05, 0) is 56.4 Å². The summed E-state index contributed by atoms with van der Waals surface area (Å²) in [6.45, 7) is 1.31. The molecule has 0 spiro atoms. The van der Waals surface area contributed by atoms with Crippen LogP contribution >= 0.6 is 0 Å². The fraction of sp³-hybridized carbons (Fsp3) is 1.00. The molecule has 0 heterocycles. The minimum absolute atomic E-state index is 0.929. The maximum atomic E-state index is 3.81. The molecule has 0 amide bonds. The number of rotatable bonds is 6.